The molecule has 114 valence electrons. The Morgan fingerprint density at radius 2 is 1.64 bits per heavy atom. The van der Waals surface area contributed by atoms with Gasteiger partial charge in [0, 0.05) is 18.3 Å². The summed E-state index contributed by atoms with van der Waals surface area (Å²) in [5.74, 6) is -0.0888. The van der Waals surface area contributed by atoms with Gasteiger partial charge in [-0.15, -0.1) is 0 Å². The van der Waals surface area contributed by atoms with E-state index in [1.807, 2.05) is 73.2 Å². The summed E-state index contributed by atoms with van der Waals surface area (Å²) in [4.78, 5) is 12.5. The first-order chi connectivity index (χ1) is 10.5. The van der Waals surface area contributed by atoms with Gasteiger partial charge in [0.05, 0.1) is 5.69 Å². The number of aryl methyl sites for hydroxylation is 1. The Morgan fingerprint density at radius 1 is 1.00 bits per heavy atom. The predicted octanol–water partition coefficient (Wildman–Crippen LogP) is 3.18. The Labute approximate surface area is 130 Å². The number of rotatable bonds is 2. The molecule has 0 saturated carbocycles. The predicted molar refractivity (Wildman–Crippen MR) is 89.6 cm³/mol. The van der Waals surface area contributed by atoms with E-state index < -0.39 is 7.44 Å². The number of anilines is 1. The van der Waals surface area contributed by atoms with E-state index in [-0.39, 0.29) is 5.91 Å². The van der Waals surface area contributed by atoms with Gasteiger partial charge in [-0.1, -0.05) is 35.9 Å². The Balaban J connectivity index is 2.16. The monoisotopic (exact) mass is 314 g/mol. The minimum absolute atomic E-state index is 0.0888. The first kappa shape index (κ1) is 15.0. The maximum Gasteiger partial charge on any atom is 0.275 e. The van der Waals surface area contributed by atoms with Crippen molar-refractivity contribution in [1.29, 1.82) is 0 Å². The average Bonchev–Trinajstić information content (AvgIpc) is 2.54. The van der Waals surface area contributed by atoms with Crippen LogP contribution in [0.3, 0.4) is 0 Å². The number of nitrogens with zero attached hydrogens (tertiary/aromatic N) is 2. The Kier molecular flexibility index (Phi) is 3.90. The van der Waals surface area contributed by atoms with Crippen molar-refractivity contribution in [3.63, 3.8) is 0 Å². The average molecular weight is 314 g/mol. The van der Waals surface area contributed by atoms with E-state index >= 15 is 0 Å². The van der Waals surface area contributed by atoms with Crippen molar-refractivity contribution in [2.24, 2.45) is 0 Å². The maximum atomic E-state index is 13.8. The highest BCUT2D eigenvalue weighted by Crippen LogP contribution is 2.55. The van der Waals surface area contributed by atoms with Crippen molar-refractivity contribution >= 4 is 24.3 Å². The molecule has 3 rings (SSSR count). The second-order valence-electron chi connectivity index (χ2n) is 5.55. The van der Waals surface area contributed by atoms with Gasteiger partial charge in [0.25, 0.3) is 7.44 Å². The van der Waals surface area contributed by atoms with Crippen LogP contribution in [0, 0.1) is 6.92 Å². The van der Waals surface area contributed by atoms with E-state index in [0.717, 1.165) is 5.56 Å². The number of hydrogen-bond donors (Lipinski definition) is 0. The highest BCUT2D eigenvalue weighted by molar-refractivity contribution is 7.71. The van der Waals surface area contributed by atoms with Gasteiger partial charge in [0.15, 0.2) is 0 Å². The fraction of sp³-hybridized carbons (Fsp3) is 0.235. The summed E-state index contributed by atoms with van der Waals surface area (Å²) in [7, 11) is -1.32. The Bertz CT molecular complexity index is 728. The molecule has 1 aliphatic heterocycles. The van der Waals surface area contributed by atoms with Crippen molar-refractivity contribution in [3.8, 4) is 0 Å². The molecule has 0 aliphatic carbocycles. The summed E-state index contributed by atoms with van der Waals surface area (Å²) < 4.78 is 17.1. The molecule has 0 aromatic heterocycles. The van der Waals surface area contributed by atoms with Gasteiger partial charge in [-0.3, -0.25) is 9.36 Å². The van der Waals surface area contributed by atoms with Crippen LogP contribution in [0.4, 0.5) is 5.69 Å². The van der Waals surface area contributed by atoms with E-state index in [4.69, 9.17) is 0 Å². The van der Waals surface area contributed by atoms with Crippen LogP contribution in [0.2, 0.25) is 0 Å². The largest absolute Gasteiger partial charge is 0.276 e. The molecule has 1 saturated heterocycles. The normalized spacial score (nSPS) is 22.8. The molecule has 5 heteroatoms. The van der Waals surface area contributed by atoms with Crippen LogP contribution in [0.15, 0.2) is 54.6 Å². The smallest absolute Gasteiger partial charge is 0.275 e. The van der Waals surface area contributed by atoms with Crippen molar-refractivity contribution in [2.45, 2.75) is 13.3 Å². The Morgan fingerprint density at radius 3 is 2.27 bits per heavy atom. The van der Waals surface area contributed by atoms with Gasteiger partial charge in [0.1, 0.15) is 0 Å². The molecule has 0 bridgehead atoms. The van der Waals surface area contributed by atoms with Gasteiger partial charge in [0.2, 0.25) is 5.91 Å². The standard InChI is InChI=1S/C17H19N2O2P/c1-14-8-10-15(11-9-14)19-17(20)12-13-18(2)22(19,21)16-6-4-3-5-7-16/h3-11H,12-13H2,1-2H3. The maximum absolute atomic E-state index is 13.8. The topological polar surface area (TPSA) is 40.6 Å². The van der Waals surface area contributed by atoms with Crippen molar-refractivity contribution in [3.05, 3.63) is 60.2 Å². The minimum atomic E-state index is -3.14. The van der Waals surface area contributed by atoms with Crippen LogP contribution >= 0.6 is 7.44 Å². The summed E-state index contributed by atoms with van der Waals surface area (Å²) in [6, 6.07) is 16.9. The lowest BCUT2D eigenvalue weighted by Gasteiger charge is -2.41. The van der Waals surface area contributed by atoms with Crippen LogP contribution < -0.4 is 9.97 Å². The van der Waals surface area contributed by atoms with Crippen LogP contribution in [-0.2, 0) is 9.36 Å². The van der Waals surface area contributed by atoms with E-state index in [0.29, 0.717) is 24.0 Å². The highest BCUT2D eigenvalue weighted by atomic mass is 31.2. The molecule has 0 N–H and O–H groups in total. The minimum Gasteiger partial charge on any atom is -0.276 e. The zero-order valence-electron chi connectivity index (χ0n) is 12.8. The molecule has 0 radical (unpaired) electrons. The van der Waals surface area contributed by atoms with E-state index in [9.17, 15) is 9.36 Å². The first-order valence-electron chi connectivity index (χ1n) is 7.31. The second kappa shape index (κ2) is 5.71. The SMILES string of the molecule is Cc1ccc(N2C(=O)CCN(C)P2(=O)c2ccccc2)cc1. The van der Waals surface area contributed by atoms with Gasteiger partial charge < -0.3 is 0 Å². The Hall–Kier alpha value is -1.90. The fourth-order valence-electron chi connectivity index (χ4n) is 2.72. The molecule has 1 heterocycles. The van der Waals surface area contributed by atoms with Crippen LogP contribution in [0.1, 0.15) is 12.0 Å². The lowest BCUT2D eigenvalue weighted by molar-refractivity contribution is -0.118. The van der Waals surface area contributed by atoms with Crippen LogP contribution in [0.25, 0.3) is 0 Å². The lowest BCUT2D eigenvalue weighted by atomic mass is 10.2. The summed E-state index contributed by atoms with van der Waals surface area (Å²) in [5.41, 5.74) is 1.80. The third-order valence-electron chi connectivity index (χ3n) is 3.99. The number of carbonyl (C=O) groups excluding carboxylic acids is 1. The van der Waals surface area contributed by atoms with E-state index in [2.05, 4.69) is 0 Å². The summed E-state index contributed by atoms with van der Waals surface area (Å²) in [6.07, 6.45) is 0.376. The quantitative estimate of drug-likeness (QED) is 0.799. The summed E-state index contributed by atoms with van der Waals surface area (Å²) >= 11 is 0. The molecule has 1 amide bonds. The lowest BCUT2D eigenvalue weighted by Crippen LogP contribution is -2.45. The van der Waals surface area contributed by atoms with Gasteiger partial charge in [-0.25, -0.2) is 9.34 Å². The van der Waals surface area contributed by atoms with Crippen molar-refractivity contribution in [1.82, 2.24) is 4.67 Å². The molecule has 22 heavy (non-hydrogen) atoms. The van der Waals surface area contributed by atoms with Crippen molar-refractivity contribution < 1.29 is 9.36 Å². The number of benzene rings is 2. The molecule has 1 atom stereocenters. The van der Waals surface area contributed by atoms with Crippen molar-refractivity contribution in [2.75, 3.05) is 18.3 Å². The molecule has 1 unspecified atom stereocenters. The molecule has 1 aliphatic rings. The van der Waals surface area contributed by atoms with E-state index in [1.165, 1.54) is 4.67 Å². The molecule has 0 spiro atoms. The zero-order chi connectivity index (χ0) is 15.7. The first-order valence-corrected chi connectivity index (χ1v) is 8.92. The summed E-state index contributed by atoms with van der Waals surface area (Å²) in [6.45, 7) is 2.50. The number of hydrogen-bond acceptors (Lipinski definition) is 2. The van der Waals surface area contributed by atoms with Crippen LogP contribution in [0.5, 0.6) is 0 Å². The third-order valence-corrected chi connectivity index (χ3v) is 7.08. The highest BCUT2D eigenvalue weighted by Gasteiger charge is 2.44. The van der Waals surface area contributed by atoms with Crippen LogP contribution in [-0.4, -0.2) is 24.2 Å². The second-order valence-corrected chi connectivity index (χ2v) is 8.24. The van der Waals surface area contributed by atoms with E-state index in [1.54, 1.807) is 0 Å². The van der Waals surface area contributed by atoms with Gasteiger partial charge >= 0.3 is 0 Å². The molecular weight excluding hydrogens is 295 g/mol. The molecule has 2 aromatic carbocycles. The summed E-state index contributed by atoms with van der Waals surface area (Å²) in [5, 5.41) is 0.686. The third kappa shape index (κ3) is 2.39. The van der Waals surface area contributed by atoms with Gasteiger partial charge in [-0.2, -0.15) is 0 Å². The number of carbonyl (C=O) groups is 1. The molecule has 1 fully saturated rings. The molecule has 2 aromatic rings. The number of amides is 1. The zero-order valence-corrected chi connectivity index (χ0v) is 13.7. The van der Waals surface area contributed by atoms with Gasteiger partial charge in [-0.05, 0) is 38.2 Å². The fourth-order valence-corrected chi connectivity index (χ4v) is 5.43. The molecule has 4 nitrogen and oxygen atoms in total. The molecular formula is C17H19N2O2P.